The lowest BCUT2D eigenvalue weighted by atomic mass is 9.91. The van der Waals surface area contributed by atoms with Gasteiger partial charge >= 0.3 is 12.0 Å². The standard InChI is InChI=1S/C12H22N2O4/c1-9-5-3-7-14(10(9)11(15)16)12(17)13-6-4-8-18-2/h9-10H,3-8H2,1-2H3,(H,13,17)(H,15,16). The van der Waals surface area contributed by atoms with Gasteiger partial charge in [0.15, 0.2) is 0 Å². The Morgan fingerprint density at radius 3 is 2.83 bits per heavy atom. The minimum Gasteiger partial charge on any atom is -0.480 e. The van der Waals surface area contributed by atoms with Gasteiger partial charge in [0, 0.05) is 26.8 Å². The van der Waals surface area contributed by atoms with Crippen molar-refractivity contribution in [3.63, 3.8) is 0 Å². The Morgan fingerprint density at radius 2 is 2.22 bits per heavy atom. The molecule has 6 heteroatoms. The van der Waals surface area contributed by atoms with Gasteiger partial charge in [-0.15, -0.1) is 0 Å². The zero-order valence-electron chi connectivity index (χ0n) is 11.0. The average Bonchev–Trinajstić information content (AvgIpc) is 2.33. The Morgan fingerprint density at radius 1 is 1.50 bits per heavy atom. The molecule has 0 aromatic carbocycles. The SMILES string of the molecule is COCCCNC(=O)N1CCCC(C)C1C(=O)O. The van der Waals surface area contributed by atoms with Crippen LogP contribution in [0.5, 0.6) is 0 Å². The number of carboxylic acid groups (broad SMARTS) is 1. The number of hydrogen-bond acceptors (Lipinski definition) is 3. The lowest BCUT2D eigenvalue weighted by molar-refractivity contribution is -0.145. The summed E-state index contributed by atoms with van der Waals surface area (Å²) >= 11 is 0. The van der Waals surface area contributed by atoms with Crippen LogP contribution >= 0.6 is 0 Å². The van der Waals surface area contributed by atoms with Crippen molar-refractivity contribution in [1.29, 1.82) is 0 Å². The second kappa shape index (κ2) is 7.20. The Kier molecular flexibility index (Phi) is 5.91. The molecule has 0 spiro atoms. The van der Waals surface area contributed by atoms with Crippen LogP contribution in [-0.4, -0.2) is 54.9 Å². The van der Waals surface area contributed by atoms with Gasteiger partial charge in [-0.05, 0) is 25.2 Å². The normalized spacial score (nSPS) is 23.8. The van der Waals surface area contributed by atoms with Crippen LogP contribution in [0.25, 0.3) is 0 Å². The maximum Gasteiger partial charge on any atom is 0.326 e. The third-order valence-electron chi connectivity index (χ3n) is 3.25. The van der Waals surface area contributed by atoms with Gasteiger partial charge in [0.1, 0.15) is 6.04 Å². The summed E-state index contributed by atoms with van der Waals surface area (Å²) in [5.74, 6) is -0.921. The molecule has 0 radical (unpaired) electrons. The molecular formula is C12H22N2O4. The summed E-state index contributed by atoms with van der Waals surface area (Å²) in [4.78, 5) is 24.6. The predicted octanol–water partition coefficient (Wildman–Crippen LogP) is 0.918. The van der Waals surface area contributed by atoms with E-state index in [-0.39, 0.29) is 11.9 Å². The highest BCUT2D eigenvalue weighted by atomic mass is 16.5. The van der Waals surface area contributed by atoms with Crippen molar-refractivity contribution in [1.82, 2.24) is 10.2 Å². The number of amides is 2. The number of piperidine rings is 1. The molecule has 1 heterocycles. The predicted molar refractivity (Wildman–Crippen MR) is 66.4 cm³/mol. The van der Waals surface area contributed by atoms with E-state index < -0.39 is 12.0 Å². The smallest absolute Gasteiger partial charge is 0.326 e. The van der Waals surface area contributed by atoms with Gasteiger partial charge in [-0.3, -0.25) is 0 Å². The van der Waals surface area contributed by atoms with Gasteiger partial charge in [0.2, 0.25) is 0 Å². The molecule has 1 rings (SSSR count). The number of ether oxygens (including phenoxy) is 1. The number of carbonyl (C=O) groups excluding carboxylic acids is 1. The Balaban J connectivity index is 2.50. The molecule has 1 aliphatic rings. The van der Waals surface area contributed by atoms with Crippen LogP contribution in [-0.2, 0) is 9.53 Å². The van der Waals surface area contributed by atoms with Crippen molar-refractivity contribution in [2.75, 3.05) is 26.8 Å². The Bertz CT molecular complexity index is 296. The van der Waals surface area contributed by atoms with Gasteiger partial charge < -0.3 is 20.1 Å². The zero-order chi connectivity index (χ0) is 13.5. The summed E-state index contributed by atoms with van der Waals surface area (Å²) in [7, 11) is 1.61. The highest BCUT2D eigenvalue weighted by molar-refractivity contribution is 5.83. The van der Waals surface area contributed by atoms with Gasteiger partial charge in [-0.2, -0.15) is 0 Å². The fraction of sp³-hybridized carbons (Fsp3) is 0.833. The van der Waals surface area contributed by atoms with E-state index in [1.54, 1.807) is 7.11 Å². The molecule has 1 saturated heterocycles. The van der Waals surface area contributed by atoms with E-state index in [2.05, 4.69) is 5.32 Å². The first-order valence-corrected chi connectivity index (χ1v) is 6.34. The van der Waals surface area contributed by atoms with Crippen molar-refractivity contribution >= 4 is 12.0 Å². The maximum absolute atomic E-state index is 11.9. The van der Waals surface area contributed by atoms with Crippen molar-refractivity contribution in [2.24, 2.45) is 5.92 Å². The number of nitrogens with one attached hydrogen (secondary N) is 1. The first-order valence-electron chi connectivity index (χ1n) is 6.34. The Hall–Kier alpha value is -1.30. The summed E-state index contributed by atoms with van der Waals surface area (Å²) in [5, 5.41) is 11.9. The van der Waals surface area contributed by atoms with E-state index >= 15 is 0 Å². The van der Waals surface area contributed by atoms with E-state index in [1.165, 1.54) is 4.90 Å². The molecule has 0 saturated carbocycles. The first kappa shape index (κ1) is 14.8. The maximum atomic E-state index is 11.9. The molecule has 1 fully saturated rings. The highest BCUT2D eigenvalue weighted by Gasteiger charge is 2.36. The monoisotopic (exact) mass is 258 g/mol. The molecule has 1 aliphatic heterocycles. The second-order valence-corrected chi connectivity index (χ2v) is 4.67. The van der Waals surface area contributed by atoms with Gasteiger partial charge in [-0.1, -0.05) is 6.92 Å². The summed E-state index contributed by atoms with van der Waals surface area (Å²) in [6.45, 7) is 3.48. The number of rotatable bonds is 5. The number of carboxylic acids is 1. The van der Waals surface area contributed by atoms with Crippen LogP contribution in [0.2, 0.25) is 0 Å². The van der Waals surface area contributed by atoms with Crippen LogP contribution in [0.15, 0.2) is 0 Å². The van der Waals surface area contributed by atoms with E-state index in [0.29, 0.717) is 19.7 Å². The summed E-state index contributed by atoms with van der Waals surface area (Å²) in [5.41, 5.74) is 0. The molecule has 104 valence electrons. The lowest BCUT2D eigenvalue weighted by Gasteiger charge is -2.37. The number of carbonyl (C=O) groups is 2. The first-order chi connectivity index (χ1) is 8.57. The van der Waals surface area contributed by atoms with E-state index in [4.69, 9.17) is 4.74 Å². The van der Waals surface area contributed by atoms with E-state index in [0.717, 1.165) is 19.3 Å². The molecular weight excluding hydrogens is 236 g/mol. The number of methoxy groups -OCH3 is 1. The molecule has 2 unspecified atom stereocenters. The van der Waals surface area contributed by atoms with Crippen LogP contribution in [0.4, 0.5) is 4.79 Å². The number of urea groups is 1. The van der Waals surface area contributed by atoms with Crippen molar-refractivity contribution in [3.8, 4) is 0 Å². The molecule has 0 aromatic rings. The van der Waals surface area contributed by atoms with Crippen molar-refractivity contribution in [3.05, 3.63) is 0 Å². The molecule has 0 bridgehead atoms. The molecule has 2 N–H and O–H groups in total. The van der Waals surface area contributed by atoms with Crippen LogP contribution in [0.1, 0.15) is 26.2 Å². The molecule has 18 heavy (non-hydrogen) atoms. The second-order valence-electron chi connectivity index (χ2n) is 4.67. The van der Waals surface area contributed by atoms with Gasteiger partial charge in [0.05, 0.1) is 0 Å². The van der Waals surface area contributed by atoms with Crippen LogP contribution < -0.4 is 5.32 Å². The number of aliphatic carboxylic acids is 1. The zero-order valence-corrected chi connectivity index (χ0v) is 11.0. The molecule has 0 aromatic heterocycles. The summed E-state index contributed by atoms with van der Waals surface area (Å²) in [6, 6.07) is -0.994. The Labute approximate surface area is 107 Å². The summed E-state index contributed by atoms with van der Waals surface area (Å²) < 4.78 is 4.89. The van der Waals surface area contributed by atoms with E-state index in [9.17, 15) is 14.7 Å². The van der Waals surface area contributed by atoms with Crippen LogP contribution in [0.3, 0.4) is 0 Å². The van der Waals surface area contributed by atoms with E-state index in [1.807, 2.05) is 6.92 Å². The molecule has 6 nitrogen and oxygen atoms in total. The minimum absolute atomic E-state index is 0.000903. The highest BCUT2D eigenvalue weighted by Crippen LogP contribution is 2.23. The van der Waals surface area contributed by atoms with Crippen LogP contribution in [0, 0.1) is 5.92 Å². The lowest BCUT2D eigenvalue weighted by Crippen LogP contribution is -2.55. The average molecular weight is 258 g/mol. The summed E-state index contributed by atoms with van der Waals surface area (Å²) in [6.07, 6.45) is 2.43. The van der Waals surface area contributed by atoms with Crippen molar-refractivity contribution in [2.45, 2.75) is 32.2 Å². The minimum atomic E-state index is -0.922. The topological polar surface area (TPSA) is 78.9 Å². The molecule has 0 aliphatic carbocycles. The number of likely N-dealkylation sites (tertiary alicyclic amines) is 1. The van der Waals surface area contributed by atoms with Crippen molar-refractivity contribution < 1.29 is 19.4 Å². The van der Waals surface area contributed by atoms with Gasteiger partial charge in [-0.25, -0.2) is 9.59 Å². The van der Waals surface area contributed by atoms with Gasteiger partial charge in [0.25, 0.3) is 0 Å². The molecule has 2 atom stereocenters. The molecule has 2 amide bonds. The third-order valence-corrected chi connectivity index (χ3v) is 3.25. The number of nitrogens with zero attached hydrogens (tertiary/aromatic N) is 1. The third kappa shape index (κ3) is 3.87. The fourth-order valence-corrected chi connectivity index (χ4v) is 2.31. The largest absolute Gasteiger partial charge is 0.480 e. The fourth-order valence-electron chi connectivity index (χ4n) is 2.31. The number of hydrogen-bond donors (Lipinski definition) is 2. The quantitative estimate of drug-likeness (QED) is 0.719.